The smallest absolute Gasteiger partial charge is 0.347 e. The van der Waals surface area contributed by atoms with E-state index in [9.17, 15) is 18.8 Å². The van der Waals surface area contributed by atoms with Crippen LogP contribution < -0.4 is 15.7 Å². The van der Waals surface area contributed by atoms with Crippen LogP contribution in [0.25, 0.3) is 11.0 Å². The van der Waals surface area contributed by atoms with Crippen LogP contribution in [0.3, 0.4) is 0 Å². The number of halogens is 1. The van der Waals surface area contributed by atoms with E-state index in [1.807, 2.05) is 30.3 Å². The summed E-state index contributed by atoms with van der Waals surface area (Å²) in [6.45, 7) is 3.67. The maximum absolute atomic E-state index is 13.5. The second-order valence-electron chi connectivity index (χ2n) is 7.92. The van der Waals surface area contributed by atoms with Crippen molar-refractivity contribution < 1.29 is 18.7 Å². The minimum Gasteiger partial charge on any atom is -0.486 e. The Morgan fingerprint density at radius 1 is 1.00 bits per heavy atom. The molecule has 0 aliphatic carbocycles. The number of H-pyrrole nitrogens is 1. The Morgan fingerprint density at radius 3 is 2.37 bits per heavy atom. The van der Waals surface area contributed by atoms with E-state index in [4.69, 9.17) is 9.47 Å². The number of carbonyl (C=O) groups is 1. The molecule has 8 heteroatoms. The van der Waals surface area contributed by atoms with Gasteiger partial charge in [-0.1, -0.05) is 42.5 Å². The summed E-state index contributed by atoms with van der Waals surface area (Å²) in [5, 5.41) is 0. The second-order valence-corrected chi connectivity index (χ2v) is 7.92. The Labute approximate surface area is 200 Å². The lowest BCUT2D eigenvalue weighted by Gasteiger charge is -2.17. The third-order valence-corrected chi connectivity index (χ3v) is 5.65. The SMILES string of the molecule is CCOC(=O)c1c(OCc2ccccc2)c2[nH]cc(Cc3ccc(F)cc3)c(=O)c2n(CC)c1=O. The predicted octanol–water partition coefficient (Wildman–Crippen LogP) is 4.20. The average molecular weight is 477 g/mol. The molecule has 0 saturated heterocycles. The molecule has 0 radical (unpaired) electrons. The number of rotatable bonds is 8. The molecule has 35 heavy (non-hydrogen) atoms. The van der Waals surface area contributed by atoms with Crippen LogP contribution in [-0.4, -0.2) is 22.1 Å². The van der Waals surface area contributed by atoms with Gasteiger partial charge in [0.1, 0.15) is 23.5 Å². The number of nitrogens with one attached hydrogen (secondary N) is 1. The fourth-order valence-corrected chi connectivity index (χ4v) is 3.96. The fourth-order valence-electron chi connectivity index (χ4n) is 3.96. The summed E-state index contributed by atoms with van der Waals surface area (Å²) in [5.41, 5.74) is 0.998. The van der Waals surface area contributed by atoms with Gasteiger partial charge in [-0.05, 0) is 37.1 Å². The first kappa shape index (κ1) is 23.9. The van der Waals surface area contributed by atoms with Crippen molar-refractivity contribution in [2.45, 2.75) is 33.4 Å². The molecule has 0 bridgehead atoms. The molecule has 0 fully saturated rings. The Hall–Kier alpha value is -4.20. The van der Waals surface area contributed by atoms with Crippen LogP contribution in [0.4, 0.5) is 4.39 Å². The number of pyridine rings is 2. The Bertz CT molecular complexity index is 1470. The Kier molecular flexibility index (Phi) is 7.10. The fraction of sp³-hybridized carbons (Fsp3) is 0.222. The van der Waals surface area contributed by atoms with Crippen molar-refractivity contribution in [3.8, 4) is 5.75 Å². The highest BCUT2D eigenvalue weighted by Crippen LogP contribution is 2.27. The highest BCUT2D eigenvalue weighted by molar-refractivity contribution is 5.98. The summed E-state index contributed by atoms with van der Waals surface area (Å²) >= 11 is 0. The average Bonchev–Trinajstić information content (AvgIpc) is 2.86. The van der Waals surface area contributed by atoms with Gasteiger partial charge in [0, 0.05) is 24.7 Å². The van der Waals surface area contributed by atoms with Crippen molar-refractivity contribution in [3.63, 3.8) is 0 Å². The molecule has 0 aliphatic rings. The molecule has 0 amide bonds. The number of ether oxygens (including phenoxy) is 2. The number of nitrogens with zero attached hydrogens (tertiary/aromatic N) is 1. The van der Waals surface area contributed by atoms with E-state index in [2.05, 4.69) is 4.98 Å². The molecule has 7 nitrogen and oxygen atoms in total. The number of carbonyl (C=O) groups excluding carboxylic acids is 1. The quantitative estimate of drug-likeness (QED) is 0.385. The van der Waals surface area contributed by atoms with E-state index in [0.717, 1.165) is 11.1 Å². The van der Waals surface area contributed by atoms with Gasteiger partial charge in [0.2, 0.25) is 5.43 Å². The molecule has 0 saturated carbocycles. The van der Waals surface area contributed by atoms with Crippen molar-refractivity contribution in [2.75, 3.05) is 6.61 Å². The van der Waals surface area contributed by atoms with Crippen molar-refractivity contribution in [1.29, 1.82) is 0 Å². The zero-order valence-electron chi connectivity index (χ0n) is 19.5. The lowest BCUT2D eigenvalue weighted by Crippen LogP contribution is -2.32. The van der Waals surface area contributed by atoms with Gasteiger partial charge in [0.05, 0.1) is 6.61 Å². The number of fused-ring (bicyclic) bond motifs is 1. The molecule has 180 valence electrons. The van der Waals surface area contributed by atoms with Gasteiger partial charge in [0.15, 0.2) is 11.3 Å². The van der Waals surface area contributed by atoms with Crippen LogP contribution in [0.2, 0.25) is 0 Å². The summed E-state index contributed by atoms with van der Waals surface area (Å²) in [4.78, 5) is 42.8. The minimum atomic E-state index is -0.819. The molecule has 2 aromatic heterocycles. The summed E-state index contributed by atoms with van der Waals surface area (Å²) < 4.78 is 25.7. The maximum Gasteiger partial charge on any atom is 0.347 e. The van der Waals surface area contributed by atoms with E-state index in [0.29, 0.717) is 5.56 Å². The highest BCUT2D eigenvalue weighted by Gasteiger charge is 2.27. The lowest BCUT2D eigenvalue weighted by molar-refractivity contribution is 0.0518. The van der Waals surface area contributed by atoms with Gasteiger partial charge in [-0.25, -0.2) is 9.18 Å². The van der Waals surface area contributed by atoms with Crippen LogP contribution in [0, 0.1) is 5.82 Å². The molecule has 4 rings (SSSR count). The number of aromatic nitrogens is 2. The molecule has 4 aromatic rings. The molecule has 1 N–H and O–H groups in total. The monoisotopic (exact) mass is 476 g/mol. The number of benzene rings is 2. The molecule has 0 spiro atoms. The minimum absolute atomic E-state index is 0.0255. The first-order chi connectivity index (χ1) is 16.9. The number of hydrogen-bond acceptors (Lipinski definition) is 5. The van der Waals surface area contributed by atoms with Gasteiger partial charge in [-0.3, -0.25) is 9.59 Å². The molecule has 0 aliphatic heterocycles. The van der Waals surface area contributed by atoms with Crippen LogP contribution >= 0.6 is 0 Å². The Morgan fingerprint density at radius 2 is 1.71 bits per heavy atom. The zero-order valence-corrected chi connectivity index (χ0v) is 19.5. The third kappa shape index (κ3) is 4.87. The second kappa shape index (κ2) is 10.4. The Balaban J connectivity index is 1.91. The number of hydrogen-bond donors (Lipinski definition) is 1. The van der Waals surface area contributed by atoms with Gasteiger partial charge in [-0.2, -0.15) is 0 Å². The first-order valence-corrected chi connectivity index (χ1v) is 11.3. The summed E-state index contributed by atoms with van der Waals surface area (Å²) in [6, 6.07) is 15.1. The zero-order chi connectivity index (χ0) is 24.9. The third-order valence-electron chi connectivity index (χ3n) is 5.65. The maximum atomic E-state index is 13.5. The molecule has 0 unspecified atom stereocenters. The van der Waals surface area contributed by atoms with Crippen LogP contribution in [0.5, 0.6) is 5.75 Å². The van der Waals surface area contributed by atoms with Gasteiger partial charge in [-0.15, -0.1) is 0 Å². The van der Waals surface area contributed by atoms with Crippen molar-refractivity contribution >= 4 is 17.0 Å². The number of aromatic amines is 1. The molecular weight excluding hydrogens is 451 g/mol. The van der Waals surface area contributed by atoms with Gasteiger partial charge < -0.3 is 19.0 Å². The van der Waals surface area contributed by atoms with Gasteiger partial charge in [0.25, 0.3) is 5.56 Å². The van der Waals surface area contributed by atoms with Crippen LogP contribution in [0.15, 0.2) is 70.4 Å². The number of esters is 1. The molecule has 2 heterocycles. The summed E-state index contributed by atoms with van der Waals surface area (Å²) in [7, 11) is 0. The van der Waals surface area contributed by atoms with Crippen LogP contribution in [-0.2, 0) is 24.3 Å². The van der Waals surface area contributed by atoms with E-state index in [1.54, 1.807) is 26.0 Å². The van der Waals surface area contributed by atoms with E-state index < -0.39 is 11.5 Å². The molecule has 0 atom stereocenters. The summed E-state index contributed by atoms with van der Waals surface area (Å²) in [6.07, 6.45) is 1.77. The predicted molar refractivity (Wildman–Crippen MR) is 130 cm³/mol. The topological polar surface area (TPSA) is 90.4 Å². The van der Waals surface area contributed by atoms with E-state index in [1.165, 1.54) is 22.9 Å². The van der Waals surface area contributed by atoms with Crippen molar-refractivity contribution in [1.82, 2.24) is 9.55 Å². The molecule has 2 aromatic carbocycles. The highest BCUT2D eigenvalue weighted by atomic mass is 19.1. The number of aryl methyl sites for hydroxylation is 1. The van der Waals surface area contributed by atoms with Crippen molar-refractivity contribution in [3.05, 3.63) is 109 Å². The first-order valence-electron chi connectivity index (χ1n) is 11.3. The summed E-state index contributed by atoms with van der Waals surface area (Å²) in [5.74, 6) is -1.21. The van der Waals surface area contributed by atoms with E-state index in [-0.39, 0.29) is 59.8 Å². The largest absolute Gasteiger partial charge is 0.486 e. The molecular formula is C27H25FN2O5. The van der Waals surface area contributed by atoms with Crippen molar-refractivity contribution in [2.24, 2.45) is 0 Å². The van der Waals surface area contributed by atoms with Gasteiger partial charge >= 0.3 is 5.97 Å². The lowest BCUT2D eigenvalue weighted by atomic mass is 10.0. The van der Waals surface area contributed by atoms with E-state index >= 15 is 0 Å². The standard InChI is InChI=1S/C27H25FN2O5/c1-3-30-23-22(29-15-19(24(23)31)14-17-10-12-20(28)13-11-17)25(21(26(30)32)27(33)34-4-2)35-16-18-8-6-5-7-9-18/h5-13,15H,3-4,14,16H2,1-2H3,(H,29,31). The normalized spacial score (nSPS) is 10.9. The van der Waals surface area contributed by atoms with Crippen LogP contribution in [0.1, 0.15) is 40.9 Å².